The van der Waals surface area contributed by atoms with Crippen molar-refractivity contribution in [2.45, 2.75) is 32.6 Å². The van der Waals surface area contributed by atoms with Crippen molar-refractivity contribution in [2.24, 2.45) is 5.41 Å². The molecule has 0 N–H and O–H groups in total. The van der Waals surface area contributed by atoms with Crippen LogP contribution in [0.1, 0.15) is 27.2 Å². The van der Waals surface area contributed by atoms with Gasteiger partial charge in [0, 0.05) is 0 Å². The van der Waals surface area contributed by atoms with E-state index in [9.17, 15) is 4.79 Å². The molecular formula is C10H15Br2ClO2. The molecule has 88 valence electrons. The van der Waals surface area contributed by atoms with Gasteiger partial charge in [0.05, 0.1) is 21.8 Å². The summed E-state index contributed by atoms with van der Waals surface area (Å²) in [6, 6.07) is 0. The molecule has 0 aliphatic heterocycles. The van der Waals surface area contributed by atoms with Crippen molar-refractivity contribution < 1.29 is 9.53 Å². The molecular weight excluding hydrogens is 347 g/mol. The van der Waals surface area contributed by atoms with Crippen molar-refractivity contribution in [1.82, 2.24) is 0 Å². The van der Waals surface area contributed by atoms with Crippen LogP contribution < -0.4 is 0 Å². The Morgan fingerprint density at radius 2 is 2.07 bits per heavy atom. The van der Waals surface area contributed by atoms with E-state index in [0.29, 0.717) is 13.0 Å². The van der Waals surface area contributed by atoms with E-state index in [2.05, 4.69) is 31.9 Å². The summed E-state index contributed by atoms with van der Waals surface area (Å²) in [5.41, 5.74) is -0.333. The van der Waals surface area contributed by atoms with Gasteiger partial charge in [-0.05, 0) is 50.3 Å². The highest BCUT2D eigenvalue weighted by Crippen LogP contribution is 2.33. The van der Waals surface area contributed by atoms with Crippen LogP contribution in [0.15, 0.2) is 9.47 Å². The third-order valence-corrected chi connectivity index (χ3v) is 3.17. The van der Waals surface area contributed by atoms with Gasteiger partial charge in [-0.1, -0.05) is 13.8 Å². The number of ether oxygens (including phenoxy) is 1. The van der Waals surface area contributed by atoms with Crippen LogP contribution in [0.3, 0.4) is 0 Å². The Morgan fingerprint density at radius 3 is 2.47 bits per heavy atom. The Bertz CT molecular complexity index is 248. The van der Waals surface area contributed by atoms with Crippen LogP contribution in [0.5, 0.6) is 0 Å². The Morgan fingerprint density at radius 1 is 1.53 bits per heavy atom. The molecule has 0 saturated heterocycles. The molecule has 0 aromatic carbocycles. The summed E-state index contributed by atoms with van der Waals surface area (Å²) in [6.45, 7) is 6.06. The molecule has 1 atom stereocenters. The third-order valence-electron chi connectivity index (χ3n) is 1.92. The third kappa shape index (κ3) is 6.59. The van der Waals surface area contributed by atoms with Gasteiger partial charge < -0.3 is 4.74 Å². The summed E-state index contributed by atoms with van der Waals surface area (Å²) >= 11 is 12.7. The molecule has 0 aliphatic rings. The molecule has 0 heterocycles. The van der Waals surface area contributed by atoms with Crippen LogP contribution in [-0.2, 0) is 9.53 Å². The monoisotopic (exact) mass is 360 g/mol. The van der Waals surface area contributed by atoms with Gasteiger partial charge in [0.2, 0.25) is 0 Å². The number of hydrogen-bond donors (Lipinski definition) is 0. The largest absolute Gasteiger partial charge is 0.466 e. The average Bonchev–Trinajstić information content (AvgIpc) is 2.01. The van der Waals surface area contributed by atoms with Gasteiger partial charge in [-0.15, -0.1) is 11.6 Å². The van der Waals surface area contributed by atoms with Crippen molar-refractivity contribution >= 4 is 49.4 Å². The first-order valence-corrected chi connectivity index (χ1v) is 6.64. The van der Waals surface area contributed by atoms with Crippen LogP contribution in [0.25, 0.3) is 0 Å². The molecule has 0 saturated carbocycles. The summed E-state index contributed by atoms with van der Waals surface area (Å²) in [5, 5.41) is -0.240. The molecule has 0 bridgehead atoms. The molecule has 0 amide bonds. The minimum atomic E-state index is -0.333. The van der Waals surface area contributed by atoms with Gasteiger partial charge in [0.15, 0.2) is 0 Å². The van der Waals surface area contributed by atoms with Crippen molar-refractivity contribution in [1.29, 1.82) is 0 Å². The summed E-state index contributed by atoms with van der Waals surface area (Å²) in [7, 11) is 0. The molecule has 0 radical (unpaired) electrons. The van der Waals surface area contributed by atoms with E-state index >= 15 is 0 Å². The Hall–Kier alpha value is 0.460. The number of hydrogen-bond acceptors (Lipinski definition) is 2. The lowest BCUT2D eigenvalue weighted by Gasteiger charge is -2.26. The van der Waals surface area contributed by atoms with E-state index < -0.39 is 0 Å². The van der Waals surface area contributed by atoms with Crippen molar-refractivity contribution in [3.63, 3.8) is 0 Å². The number of rotatable bonds is 5. The number of alkyl halides is 1. The predicted molar refractivity (Wildman–Crippen MR) is 70.6 cm³/mol. The molecule has 0 spiro atoms. The zero-order valence-corrected chi connectivity index (χ0v) is 12.9. The maximum atomic E-state index is 11.3. The molecule has 5 heteroatoms. The first-order valence-electron chi connectivity index (χ1n) is 4.62. The standard InChI is InChI=1S/C10H15Br2ClO2/c1-4-15-9(14)6-10(2,3)7(13)5-8(11)12/h5,7H,4,6H2,1-3H3. The highest BCUT2D eigenvalue weighted by atomic mass is 79.9. The first-order chi connectivity index (χ1) is 6.79. The van der Waals surface area contributed by atoms with E-state index in [4.69, 9.17) is 16.3 Å². The van der Waals surface area contributed by atoms with Gasteiger partial charge >= 0.3 is 5.97 Å². The highest BCUT2D eigenvalue weighted by molar-refractivity contribution is 9.28. The molecule has 0 aliphatic carbocycles. The maximum absolute atomic E-state index is 11.3. The fourth-order valence-electron chi connectivity index (χ4n) is 1.02. The second-order valence-electron chi connectivity index (χ2n) is 3.83. The highest BCUT2D eigenvalue weighted by Gasteiger charge is 2.29. The van der Waals surface area contributed by atoms with E-state index in [-0.39, 0.29) is 16.8 Å². The number of carbonyl (C=O) groups is 1. The van der Waals surface area contributed by atoms with E-state index in [1.54, 1.807) is 13.0 Å². The predicted octanol–water partition coefficient (Wildman–Crippen LogP) is 4.20. The minimum absolute atomic E-state index is 0.216. The van der Waals surface area contributed by atoms with Crippen LogP contribution >= 0.6 is 43.5 Å². The number of esters is 1. The van der Waals surface area contributed by atoms with Crippen molar-refractivity contribution in [2.75, 3.05) is 6.61 Å². The summed E-state index contributed by atoms with van der Waals surface area (Å²) in [6.07, 6.45) is 2.11. The zero-order valence-electron chi connectivity index (χ0n) is 9.02. The van der Waals surface area contributed by atoms with Crippen LogP contribution in [0.2, 0.25) is 0 Å². The molecule has 15 heavy (non-hydrogen) atoms. The smallest absolute Gasteiger partial charge is 0.306 e. The molecule has 1 unspecified atom stereocenters. The summed E-state index contributed by atoms with van der Waals surface area (Å²) in [5.74, 6) is -0.216. The van der Waals surface area contributed by atoms with E-state index in [1.165, 1.54) is 0 Å². The SMILES string of the molecule is CCOC(=O)CC(C)(C)C(Cl)C=C(Br)Br. The minimum Gasteiger partial charge on any atom is -0.466 e. The van der Waals surface area contributed by atoms with Crippen molar-refractivity contribution in [3.8, 4) is 0 Å². The number of halogens is 3. The average molecular weight is 362 g/mol. The fourth-order valence-corrected chi connectivity index (χ4v) is 2.05. The number of allylic oxidation sites excluding steroid dienone is 1. The van der Waals surface area contributed by atoms with E-state index in [0.717, 1.165) is 3.39 Å². The van der Waals surface area contributed by atoms with Gasteiger partial charge in [-0.3, -0.25) is 4.79 Å². The van der Waals surface area contributed by atoms with Gasteiger partial charge in [-0.2, -0.15) is 0 Å². The van der Waals surface area contributed by atoms with Gasteiger partial charge in [-0.25, -0.2) is 0 Å². The lowest BCUT2D eigenvalue weighted by Crippen LogP contribution is -2.27. The lowest BCUT2D eigenvalue weighted by molar-refractivity contribution is -0.145. The quantitative estimate of drug-likeness (QED) is 0.541. The lowest BCUT2D eigenvalue weighted by atomic mass is 9.85. The van der Waals surface area contributed by atoms with Crippen LogP contribution in [-0.4, -0.2) is 18.0 Å². The van der Waals surface area contributed by atoms with Crippen molar-refractivity contribution in [3.05, 3.63) is 9.47 Å². The fraction of sp³-hybridized carbons (Fsp3) is 0.700. The summed E-state index contributed by atoms with van der Waals surface area (Å²) < 4.78 is 5.68. The van der Waals surface area contributed by atoms with Gasteiger partial charge in [0.25, 0.3) is 0 Å². The topological polar surface area (TPSA) is 26.3 Å². The maximum Gasteiger partial charge on any atom is 0.306 e. The zero-order chi connectivity index (χ0) is 12.1. The van der Waals surface area contributed by atoms with Crippen LogP contribution in [0.4, 0.5) is 0 Å². The van der Waals surface area contributed by atoms with E-state index in [1.807, 2.05) is 13.8 Å². The second kappa shape index (κ2) is 6.92. The Kier molecular flexibility index (Phi) is 7.13. The second-order valence-corrected chi connectivity index (χ2v) is 7.07. The summed E-state index contributed by atoms with van der Waals surface area (Å²) in [4.78, 5) is 11.3. The normalized spacial score (nSPS) is 13.2. The number of carbonyl (C=O) groups excluding carboxylic acids is 1. The molecule has 0 aromatic heterocycles. The molecule has 2 nitrogen and oxygen atoms in total. The Labute approximate surface area is 113 Å². The molecule has 0 aromatic rings. The molecule has 0 fully saturated rings. The van der Waals surface area contributed by atoms with Gasteiger partial charge in [0.1, 0.15) is 0 Å². The molecule has 0 rings (SSSR count). The first kappa shape index (κ1) is 15.5. The van der Waals surface area contributed by atoms with Crippen LogP contribution in [0, 0.1) is 5.41 Å². The Balaban J connectivity index is 4.40.